The van der Waals surface area contributed by atoms with Gasteiger partial charge in [0.25, 0.3) is 0 Å². The Morgan fingerprint density at radius 3 is 1.75 bits per heavy atom. The summed E-state index contributed by atoms with van der Waals surface area (Å²) in [5.41, 5.74) is 0. The number of rotatable bonds is 13. The van der Waals surface area contributed by atoms with E-state index in [1.54, 1.807) is 0 Å². The molecule has 0 nitrogen and oxygen atoms in total. The first kappa shape index (κ1) is 16.4. The third kappa shape index (κ3) is 14.4. The lowest BCUT2D eigenvalue weighted by atomic mass is 10.1. The first-order valence-electron chi connectivity index (χ1n) is 7.28. The van der Waals surface area contributed by atoms with Crippen molar-refractivity contribution in [2.24, 2.45) is 0 Å². The summed E-state index contributed by atoms with van der Waals surface area (Å²) in [6, 6.07) is 0. The lowest BCUT2D eigenvalue weighted by molar-refractivity contribution is 0.603. The first-order valence-corrected chi connectivity index (χ1v) is 8.44. The molecule has 0 N–H and O–H groups in total. The molecule has 0 bridgehead atoms. The highest BCUT2D eigenvalue weighted by Crippen LogP contribution is 2.12. The molecule has 0 saturated heterocycles. The third-order valence-corrected chi connectivity index (χ3v) is 4.09. The Labute approximate surface area is 108 Å². The van der Waals surface area contributed by atoms with Gasteiger partial charge in [-0.3, -0.25) is 0 Å². The van der Waals surface area contributed by atoms with Crippen LogP contribution in [0.3, 0.4) is 0 Å². The Morgan fingerprint density at radius 2 is 1.19 bits per heavy atom. The predicted molar refractivity (Wildman–Crippen MR) is 79.1 cm³/mol. The second-order valence-electron chi connectivity index (χ2n) is 4.65. The maximum absolute atomic E-state index is 3.87. The number of hydrogen-bond donors (Lipinski definition) is 0. The Morgan fingerprint density at radius 1 is 0.688 bits per heavy atom. The van der Waals surface area contributed by atoms with E-state index in [0.29, 0.717) is 0 Å². The van der Waals surface area contributed by atoms with E-state index in [1.165, 1.54) is 75.7 Å². The standard InChI is InChI=1S/C15H31S/c1-3-5-7-9-10-11-13-15-16-14-12-8-6-4-2/h2-15H2,1H3. The van der Waals surface area contributed by atoms with Gasteiger partial charge in [0.2, 0.25) is 0 Å². The molecule has 0 atom stereocenters. The summed E-state index contributed by atoms with van der Waals surface area (Å²) in [5.74, 6) is 2.76. The molecule has 0 aromatic heterocycles. The monoisotopic (exact) mass is 243 g/mol. The summed E-state index contributed by atoms with van der Waals surface area (Å²) < 4.78 is 0. The fourth-order valence-electron chi connectivity index (χ4n) is 1.82. The maximum Gasteiger partial charge on any atom is -0.00675 e. The SMILES string of the molecule is [CH2]CCCCCSCCCCCCCCC. The van der Waals surface area contributed by atoms with E-state index < -0.39 is 0 Å². The quantitative estimate of drug-likeness (QED) is 0.365. The summed E-state index contributed by atoms with van der Waals surface area (Å²) >= 11 is 2.15. The topological polar surface area (TPSA) is 0 Å². The predicted octanol–water partition coefficient (Wildman–Crippen LogP) is 5.86. The van der Waals surface area contributed by atoms with Crippen molar-refractivity contribution in [2.75, 3.05) is 11.5 Å². The molecular weight excluding hydrogens is 212 g/mol. The van der Waals surface area contributed by atoms with Crippen LogP contribution in [-0.4, -0.2) is 11.5 Å². The summed E-state index contributed by atoms with van der Waals surface area (Å²) in [5, 5.41) is 0. The van der Waals surface area contributed by atoms with Crippen molar-refractivity contribution in [1.82, 2.24) is 0 Å². The first-order chi connectivity index (χ1) is 7.91. The van der Waals surface area contributed by atoms with Gasteiger partial charge in [-0.15, -0.1) is 0 Å². The highest BCUT2D eigenvalue weighted by atomic mass is 32.2. The number of unbranched alkanes of at least 4 members (excludes halogenated alkanes) is 9. The molecule has 0 aromatic rings. The third-order valence-electron chi connectivity index (χ3n) is 2.93. The lowest BCUT2D eigenvalue weighted by Crippen LogP contribution is -1.86. The molecule has 0 aliphatic heterocycles. The number of thioether (sulfide) groups is 1. The molecule has 0 aromatic carbocycles. The van der Waals surface area contributed by atoms with Gasteiger partial charge < -0.3 is 0 Å². The summed E-state index contributed by atoms with van der Waals surface area (Å²) in [4.78, 5) is 0. The zero-order chi connectivity index (χ0) is 11.9. The normalized spacial score (nSPS) is 10.9. The lowest BCUT2D eigenvalue weighted by Gasteiger charge is -2.02. The molecule has 0 saturated carbocycles. The van der Waals surface area contributed by atoms with Gasteiger partial charge in [0, 0.05) is 0 Å². The smallest absolute Gasteiger partial charge is 0.00675 e. The Kier molecular flexibility index (Phi) is 15.7. The minimum atomic E-state index is 1.11. The van der Waals surface area contributed by atoms with Gasteiger partial charge in [-0.1, -0.05) is 71.6 Å². The molecule has 0 aliphatic rings. The Hall–Kier alpha value is 0.350. The minimum Gasteiger partial charge on any atom is -0.162 e. The summed E-state index contributed by atoms with van der Waals surface area (Å²) in [7, 11) is 0. The highest BCUT2D eigenvalue weighted by molar-refractivity contribution is 7.99. The fourth-order valence-corrected chi connectivity index (χ4v) is 2.84. The molecule has 0 fully saturated rings. The van der Waals surface area contributed by atoms with Gasteiger partial charge in [-0.25, -0.2) is 0 Å². The molecule has 0 heterocycles. The van der Waals surface area contributed by atoms with Gasteiger partial charge in [0.15, 0.2) is 0 Å². The van der Waals surface area contributed by atoms with E-state index in [9.17, 15) is 0 Å². The van der Waals surface area contributed by atoms with Crippen molar-refractivity contribution in [3.05, 3.63) is 6.92 Å². The number of hydrogen-bond acceptors (Lipinski definition) is 1. The van der Waals surface area contributed by atoms with E-state index in [2.05, 4.69) is 25.6 Å². The van der Waals surface area contributed by atoms with Crippen molar-refractivity contribution in [3.63, 3.8) is 0 Å². The zero-order valence-corrected chi connectivity index (χ0v) is 12.1. The van der Waals surface area contributed by atoms with Crippen molar-refractivity contribution < 1.29 is 0 Å². The molecule has 16 heavy (non-hydrogen) atoms. The second-order valence-corrected chi connectivity index (χ2v) is 5.87. The van der Waals surface area contributed by atoms with Crippen molar-refractivity contribution in [3.8, 4) is 0 Å². The molecule has 0 spiro atoms. The van der Waals surface area contributed by atoms with Crippen LogP contribution in [0.1, 0.15) is 77.6 Å². The van der Waals surface area contributed by atoms with E-state index in [4.69, 9.17) is 0 Å². The van der Waals surface area contributed by atoms with Crippen LogP contribution in [0, 0.1) is 6.92 Å². The van der Waals surface area contributed by atoms with Crippen LogP contribution in [0.25, 0.3) is 0 Å². The average Bonchev–Trinajstić information content (AvgIpc) is 2.31. The highest BCUT2D eigenvalue weighted by Gasteiger charge is 1.92. The van der Waals surface area contributed by atoms with E-state index >= 15 is 0 Å². The van der Waals surface area contributed by atoms with Gasteiger partial charge in [0.05, 0.1) is 0 Å². The molecule has 1 radical (unpaired) electrons. The molecule has 0 amide bonds. The Bertz CT molecular complexity index is 98.0. The van der Waals surface area contributed by atoms with Crippen molar-refractivity contribution in [2.45, 2.75) is 77.6 Å². The van der Waals surface area contributed by atoms with Crippen LogP contribution in [0.4, 0.5) is 0 Å². The molecule has 0 rings (SSSR count). The molecule has 0 unspecified atom stereocenters. The van der Waals surface area contributed by atoms with Gasteiger partial charge >= 0.3 is 0 Å². The average molecular weight is 243 g/mol. The van der Waals surface area contributed by atoms with Crippen LogP contribution in [0.2, 0.25) is 0 Å². The summed E-state index contributed by atoms with van der Waals surface area (Å²) in [6.45, 7) is 6.15. The van der Waals surface area contributed by atoms with E-state index in [0.717, 1.165) is 6.42 Å². The van der Waals surface area contributed by atoms with Crippen molar-refractivity contribution >= 4 is 11.8 Å². The minimum absolute atomic E-state index is 1.11. The van der Waals surface area contributed by atoms with Gasteiger partial charge in [-0.05, 0) is 24.3 Å². The van der Waals surface area contributed by atoms with Crippen LogP contribution in [0.5, 0.6) is 0 Å². The largest absolute Gasteiger partial charge is 0.162 e. The van der Waals surface area contributed by atoms with E-state index in [1.807, 2.05) is 0 Å². The maximum atomic E-state index is 3.87. The second kappa shape index (κ2) is 15.4. The molecule has 97 valence electrons. The van der Waals surface area contributed by atoms with Crippen LogP contribution >= 0.6 is 11.8 Å². The molecule has 1 heteroatoms. The Balaban J connectivity index is 2.83. The zero-order valence-electron chi connectivity index (χ0n) is 11.3. The van der Waals surface area contributed by atoms with Crippen LogP contribution < -0.4 is 0 Å². The van der Waals surface area contributed by atoms with Gasteiger partial charge in [0.1, 0.15) is 0 Å². The summed E-state index contributed by atoms with van der Waals surface area (Å²) in [6.07, 6.45) is 15.3. The molecular formula is C15H31S. The van der Waals surface area contributed by atoms with Gasteiger partial charge in [-0.2, -0.15) is 11.8 Å². The molecule has 0 aliphatic carbocycles. The fraction of sp³-hybridized carbons (Fsp3) is 0.933. The van der Waals surface area contributed by atoms with Crippen LogP contribution in [-0.2, 0) is 0 Å². The van der Waals surface area contributed by atoms with E-state index in [-0.39, 0.29) is 0 Å². The van der Waals surface area contributed by atoms with Crippen molar-refractivity contribution in [1.29, 1.82) is 0 Å². The van der Waals surface area contributed by atoms with Crippen LogP contribution in [0.15, 0.2) is 0 Å².